The number of ether oxygens (including phenoxy) is 1. The molecule has 3 aliphatic rings. The van der Waals surface area contributed by atoms with Gasteiger partial charge in [0.25, 0.3) is 6.43 Å². The lowest BCUT2D eigenvalue weighted by atomic mass is 10.0. The van der Waals surface area contributed by atoms with Crippen LogP contribution in [-0.4, -0.2) is 101 Å². The molecule has 0 aliphatic carbocycles. The molecule has 3 N–H and O–H groups in total. The third-order valence-corrected chi connectivity index (χ3v) is 7.26. The molecule has 0 amide bonds. The summed E-state index contributed by atoms with van der Waals surface area (Å²) in [5, 5.41) is 3.40. The Balaban J connectivity index is 1.37. The average Bonchev–Trinajstić information content (AvgIpc) is 3.36. The van der Waals surface area contributed by atoms with E-state index in [0.29, 0.717) is 55.3 Å². The predicted octanol–water partition coefficient (Wildman–Crippen LogP) is 1.26. The zero-order valence-electron chi connectivity index (χ0n) is 21.7. The lowest BCUT2D eigenvalue weighted by Gasteiger charge is -2.31. The molecule has 2 saturated heterocycles. The van der Waals surface area contributed by atoms with Crippen LogP contribution in [0.3, 0.4) is 0 Å². The Labute approximate surface area is 224 Å². The van der Waals surface area contributed by atoms with Crippen LogP contribution in [0, 0.1) is 0 Å². The molecule has 0 bridgehead atoms. The minimum atomic E-state index is -2.84. The molecule has 6 rings (SSSR count). The minimum Gasteiger partial charge on any atom is -0.378 e. The van der Waals surface area contributed by atoms with Crippen molar-refractivity contribution >= 4 is 29.2 Å². The van der Waals surface area contributed by atoms with Crippen LogP contribution in [0.5, 0.6) is 0 Å². The molecule has 1 aromatic carbocycles. The highest BCUT2D eigenvalue weighted by Gasteiger charge is 2.35. The fraction of sp³-hybridized carbons (Fsp3) is 0.520. The number of hydrogen-bond acceptors (Lipinski definition) is 11. The number of likely N-dealkylation sites (tertiary alicyclic amines) is 1. The molecule has 5 heterocycles. The molecule has 2 fully saturated rings. The van der Waals surface area contributed by atoms with Gasteiger partial charge in [0.15, 0.2) is 11.6 Å². The number of rotatable bonds is 5. The number of alkyl halides is 2. The average molecular weight is 540 g/mol. The van der Waals surface area contributed by atoms with Crippen LogP contribution in [0.2, 0.25) is 0 Å². The van der Waals surface area contributed by atoms with Crippen molar-refractivity contribution in [2.75, 3.05) is 57.9 Å². The molecule has 3 aliphatic heterocycles. The number of guanidine groups is 1. The maximum Gasteiger partial charge on any atom is 0.296 e. The molecule has 2 aromatic heterocycles. The molecular weight excluding hydrogens is 508 g/mol. The maximum atomic E-state index is 14.1. The Morgan fingerprint density at radius 2 is 1.77 bits per heavy atom. The first kappa shape index (κ1) is 25.6. The highest BCUT2D eigenvalue weighted by Crippen LogP contribution is 2.28. The number of benzene rings is 1. The van der Waals surface area contributed by atoms with E-state index in [4.69, 9.17) is 10.5 Å². The Kier molecular flexibility index (Phi) is 6.91. The summed E-state index contributed by atoms with van der Waals surface area (Å²) in [5.41, 5.74) is 6.39. The van der Waals surface area contributed by atoms with Crippen molar-refractivity contribution in [3.63, 3.8) is 0 Å². The van der Waals surface area contributed by atoms with Gasteiger partial charge in [-0.25, -0.2) is 23.7 Å². The number of imidazole rings is 1. The number of halogens is 2. The second kappa shape index (κ2) is 10.5. The van der Waals surface area contributed by atoms with Gasteiger partial charge in [0, 0.05) is 25.3 Å². The zero-order valence-corrected chi connectivity index (χ0v) is 21.7. The van der Waals surface area contributed by atoms with E-state index in [2.05, 4.69) is 47.2 Å². The first-order valence-corrected chi connectivity index (χ1v) is 13.1. The number of piperidine rings is 1. The van der Waals surface area contributed by atoms with E-state index in [-0.39, 0.29) is 18.3 Å². The van der Waals surface area contributed by atoms with Crippen molar-refractivity contribution in [2.45, 2.75) is 30.8 Å². The van der Waals surface area contributed by atoms with Gasteiger partial charge in [-0.3, -0.25) is 4.57 Å². The summed E-state index contributed by atoms with van der Waals surface area (Å²) in [6.07, 6.45) is 0.748. The number of nitrogens with two attached hydrogens (primary N) is 1. The monoisotopic (exact) mass is 539 g/mol. The molecule has 1 unspecified atom stereocenters. The third kappa shape index (κ3) is 5.18. The fourth-order valence-electron chi connectivity index (χ4n) is 4.98. The zero-order chi connectivity index (χ0) is 27.0. The molecule has 14 heteroatoms. The molecule has 0 spiro atoms. The van der Waals surface area contributed by atoms with Crippen LogP contribution < -0.4 is 16.0 Å². The smallest absolute Gasteiger partial charge is 0.296 e. The fourth-order valence-corrected chi connectivity index (χ4v) is 4.98. The second-order valence-corrected chi connectivity index (χ2v) is 10.1. The second-order valence-electron chi connectivity index (χ2n) is 10.1. The van der Waals surface area contributed by atoms with Crippen molar-refractivity contribution < 1.29 is 13.5 Å². The topological polar surface area (TPSA) is 135 Å². The molecule has 1 atom stereocenters. The highest BCUT2D eigenvalue weighted by atomic mass is 19.3. The number of aliphatic imine (C=N–C) groups is 2. The van der Waals surface area contributed by atoms with Gasteiger partial charge < -0.3 is 25.6 Å². The lowest BCUT2D eigenvalue weighted by molar-refractivity contribution is 0.122. The Morgan fingerprint density at radius 1 is 1.03 bits per heavy atom. The quantitative estimate of drug-likeness (QED) is 0.491. The highest BCUT2D eigenvalue weighted by molar-refractivity contribution is 5.93. The number of para-hydroxylation sites is 2. The summed E-state index contributed by atoms with van der Waals surface area (Å²) in [5.74, 6) is 0.607. The van der Waals surface area contributed by atoms with Crippen LogP contribution >= 0.6 is 0 Å². The normalized spacial score (nSPS) is 23.0. The summed E-state index contributed by atoms with van der Waals surface area (Å²) >= 11 is 0. The first-order chi connectivity index (χ1) is 18.9. The Bertz CT molecular complexity index is 1400. The molecule has 206 valence electrons. The van der Waals surface area contributed by atoms with Gasteiger partial charge in [-0.15, -0.1) is 0 Å². The Hall–Kier alpha value is -3.62. The number of nitrogens with zero attached hydrogens (tertiary/aromatic N) is 9. The number of morpholine rings is 1. The maximum absolute atomic E-state index is 14.1. The van der Waals surface area contributed by atoms with Crippen molar-refractivity contribution in [1.29, 1.82) is 0 Å². The number of hydrogen-bond donors (Lipinski definition) is 2. The van der Waals surface area contributed by atoms with E-state index in [1.165, 1.54) is 4.57 Å². The molecule has 0 saturated carbocycles. The van der Waals surface area contributed by atoms with Crippen LogP contribution in [-0.2, 0) is 10.3 Å². The lowest BCUT2D eigenvalue weighted by Crippen LogP contribution is -2.49. The van der Waals surface area contributed by atoms with Crippen LogP contribution in [0.15, 0.2) is 34.3 Å². The van der Waals surface area contributed by atoms with E-state index in [0.717, 1.165) is 25.9 Å². The van der Waals surface area contributed by atoms with E-state index in [1.807, 2.05) is 4.90 Å². The summed E-state index contributed by atoms with van der Waals surface area (Å²) in [4.78, 5) is 31.4. The van der Waals surface area contributed by atoms with Gasteiger partial charge in [-0.05, 0) is 45.1 Å². The number of fused-ring (bicyclic) bond motifs is 1. The van der Waals surface area contributed by atoms with Crippen LogP contribution in [0.4, 0.5) is 14.7 Å². The largest absolute Gasteiger partial charge is 0.378 e. The third-order valence-electron chi connectivity index (χ3n) is 7.26. The molecule has 3 aromatic rings. The number of aromatic nitrogens is 5. The predicted molar refractivity (Wildman–Crippen MR) is 143 cm³/mol. The first-order valence-electron chi connectivity index (χ1n) is 13.1. The Morgan fingerprint density at radius 3 is 2.49 bits per heavy atom. The molecule has 12 nitrogen and oxygen atoms in total. The summed E-state index contributed by atoms with van der Waals surface area (Å²) < 4.78 is 35.0. The van der Waals surface area contributed by atoms with Crippen molar-refractivity contribution in [3.8, 4) is 5.95 Å². The number of anilines is 1. The molecule has 39 heavy (non-hydrogen) atoms. The molecular formula is C25H31F2N11O. The van der Waals surface area contributed by atoms with Crippen molar-refractivity contribution in [2.24, 2.45) is 15.7 Å². The van der Waals surface area contributed by atoms with Crippen LogP contribution in [0.25, 0.3) is 17.0 Å². The van der Waals surface area contributed by atoms with E-state index >= 15 is 0 Å². The standard InChI is InChI=1S/C25H31F2N11O/c1-36-8-6-16(7-9-36)31-22-29-14-25(28,15-30-22)21-33-23(37-10-12-39-13-11-37)35-24(34-21)38-18-5-3-2-4-17(18)32-20(38)19(26)27/h2-5,14,16,19H,6-13,15,28H2,1H3,(H,30,31). The van der Waals surface area contributed by atoms with Gasteiger partial charge in [0.05, 0.1) is 30.8 Å². The summed E-state index contributed by atoms with van der Waals surface area (Å²) in [7, 11) is 2.11. The van der Waals surface area contributed by atoms with Crippen LogP contribution in [0.1, 0.15) is 30.9 Å². The van der Waals surface area contributed by atoms with E-state index in [9.17, 15) is 8.78 Å². The molecule has 0 radical (unpaired) electrons. The summed E-state index contributed by atoms with van der Waals surface area (Å²) in [6, 6.07) is 7.18. The van der Waals surface area contributed by atoms with E-state index < -0.39 is 17.8 Å². The number of nitrogens with one attached hydrogen (secondary N) is 1. The minimum absolute atomic E-state index is 0.0166. The van der Waals surface area contributed by atoms with Gasteiger partial charge >= 0.3 is 0 Å². The van der Waals surface area contributed by atoms with Crippen molar-refractivity contribution in [3.05, 3.63) is 35.9 Å². The van der Waals surface area contributed by atoms with Gasteiger partial charge in [0.2, 0.25) is 17.9 Å². The van der Waals surface area contributed by atoms with Gasteiger partial charge in [-0.1, -0.05) is 12.1 Å². The summed E-state index contributed by atoms with van der Waals surface area (Å²) in [6.45, 7) is 4.25. The van der Waals surface area contributed by atoms with E-state index in [1.54, 1.807) is 30.5 Å². The SMILES string of the molecule is CN1CCC(NC2=NCC(N)(c3nc(N4CCOCC4)nc(-n4c(C(F)F)nc5ccccc54)n3)C=N2)CC1. The van der Waals surface area contributed by atoms with Gasteiger partial charge in [-0.2, -0.15) is 15.0 Å². The van der Waals surface area contributed by atoms with Crippen molar-refractivity contribution in [1.82, 2.24) is 34.7 Å². The van der Waals surface area contributed by atoms with Gasteiger partial charge in [0.1, 0.15) is 5.54 Å².